The van der Waals surface area contributed by atoms with Crippen LogP contribution in [-0.4, -0.2) is 68.5 Å². The fourth-order valence-corrected chi connectivity index (χ4v) is 12.4. The number of unbranched alkanes of at least 4 members (excludes halogenated alkanes) is 56. The van der Waals surface area contributed by atoms with E-state index in [0.29, 0.717) is 23.9 Å². The molecule has 9 heteroatoms. The number of rotatable bonds is 69. The van der Waals surface area contributed by atoms with Gasteiger partial charge in [0, 0.05) is 6.42 Å². The average molecular weight is 1150 g/mol. The van der Waals surface area contributed by atoms with Crippen LogP contribution in [0.1, 0.15) is 399 Å². The maximum absolute atomic E-state index is 13.1. The zero-order valence-electron chi connectivity index (χ0n) is 55.1. The predicted molar refractivity (Wildman–Crippen MR) is 349 cm³/mol. The molecule has 3 unspecified atom stereocenters. The maximum Gasteiger partial charge on any atom is 0.268 e. The number of carbonyl (C=O) groups excluding carboxylic acids is 1. The van der Waals surface area contributed by atoms with Gasteiger partial charge in [-0.05, 0) is 12.8 Å². The fraction of sp³-hybridized carbons (Fsp3) is 0.986. The van der Waals surface area contributed by atoms with Crippen molar-refractivity contribution in [3.05, 3.63) is 0 Å². The molecule has 480 valence electrons. The second-order valence-electron chi connectivity index (χ2n) is 26.7. The summed E-state index contributed by atoms with van der Waals surface area (Å²) in [6, 6.07) is -0.797. The van der Waals surface area contributed by atoms with Crippen molar-refractivity contribution in [1.29, 1.82) is 0 Å². The molecule has 3 atom stereocenters. The molecule has 0 radical (unpaired) electrons. The summed E-state index contributed by atoms with van der Waals surface area (Å²) >= 11 is 0. The first-order valence-electron chi connectivity index (χ1n) is 36.4. The molecular weight excluding hydrogens is 1010 g/mol. The minimum absolute atomic E-state index is 0.0170. The van der Waals surface area contributed by atoms with Crippen LogP contribution < -0.4 is 10.2 Å². The number of hydrogen-bond acceptors (Lipinski definition) is 6. The lowest BCUT2D eigenvalue weighted by atomic mass is 10.0. The van der Waals surface area contributed by atoms with Crippen LogP contribution in [-0.2, 0) is 18.4 Å². The first kappa shape index (κ1) is 79.5. The average Bonchev–Trinajstić information content (AvgIpc) is 3.42. The molecule has 0 spiro atoms. The van der Waals surface area contributed by atoms with E-state index in [0.717, 1.165) is 38.5 Å². The van der Waals surface area contributed by atoms with E-state index in [4.69, 9.17) is 9.05 Å². The SMILES string of the molecule is CCCCCCCCCCCCCCCCCCCCCCCCCCCCCCCCC(O)C(COP(=O)([O-])OCC[N+](C)(C)C)NC(=O)CCCCCCCCCCCCCCCCCCCCCCCCCCCCCC. The van der Waals surface area contributed by atoms with Crippen LogP contribution in [0.25, 0.3) is 0 Å². The lowest BCUT2D eigenvalue weighted by molar-refractivity contribution is -0.870. The second-order valence-corrected chi connectivity index (χ2v) is 28.1. The largest absolute Gasteiger partial charge is 0.756 e. The minimum atomic E-state index is -4.58. The quantitative estimate of drug-likeness (QED) is 0.0357. The highest BCUT2D eigenvalue weighted by atomic mass is 31.2. The Morgan fingerprint density at radius 3 is 0.850 bits per heavy atom. The number of aliphatic hydroxyl groups is 1. The molecule has 0 aromatic rings. The van der Waals surface area contributed by atoms with Crippen molar-refractivity contribution in [2.45, 2.75) is 411 Å². The number of amides is 1. The van der Waals surface area contributed by atoms with Crippen molar-refractivity contribution >= 4 is 13.7 Å². The van der Waals surface area contributed by atoms with Crippen molar-refractivity contribution in [3.63, 3.8) is 0 Å². The third-order valence-corrected chi connectivity index (χ3v) is 18.3. The molecule has 0 aromatic carbocycles. The smallest absolute Gasteiger partial charge is 0.268 e. The summed E-state index contributed by atoms with van der Waals surface area (Å²) in [6.07, 6.45) is 79.1. The van der Waals surface area contributed by atoms with Crippen molar-refractivity contribution in [2.75, 3.05) is 40.9 Å². The number of phosphoric ester groups is 1. The zero-order valence-corrected chi connectivity index (χ0v) is 56.0. The first-order chi connectivity index (χ1) is 39.0. The number of likely N-dealkylation sites (N-methyl/N-ethyl adjacent to an activating group) is 1. The Morgan fingerprint density at radius 2 is 0.613 bits per heavy atom. The van der Waals surface area contributed by atoms with E-state index in [9.17, 15) is 19.4 Å². The van der Waals surface area contributed by atoms with Gasteiger partial charge in [0.15, 0.2) is 0 Å². The molecule has 0 bridgehead atoms. The Hall–Kier alpha value is -0.500. The van der Waals surface area contributed by atoms with Gasteiger partial charge < -0.3 is 28.8 Å². The molecule has 0 aromatic heterocycles. The summed E-state index contributed by atoms with van der Waals surface area (Å²) in [5.74, 6) is -0.153. The predicted octanol–water partition coefficient (Wildman–Crippen LogP) is 22.5. The summed E-state index contributed by atoms with van der Waals surface area (Å²) < 4.78 is 23.6. The standard InChI is InChI=1S/C71H145N2O6P/c1-6-8-10-12-14-16-18-20-22-24-26-28-30-32-34-36-37-38-40-42-44-46-48-50-52-54-56-58-60-62-64-70(74)69(68-79-80(76,77)78-67-66-73(3,4)5)72-71(75)65-63-61-59-57-55-53-51-49-47-45-43-41-39-35-33-31-29-27-25-23-21-19-17-15-13-11-9-7-2/h69-70,74H,6-68H2,1-5H3,(H-,72,75,76,77). The van der Waals surface area contributed by atoms with Gasteiger partial charge in [0.2, 0.25) is 5.91 Å². The summed E-state index contributed by atoms with van der Waals surface area (Å²) in [7, 11) is 1.33. The van der Waals surface area contributed by atoms with Gasteiger partial charge >= 0.3 is 0 Å². The van der Waals surface area contributed by atoms with Gasteiger partial charge in [0.1, 0.15) is 13.2 Å². The van der Waals surface area contributed by atoms with Crippen molar-refractivity contribution < 1.29 is 32.9 Å². The summed E-state index contributed by atoms with van der Waals surface area (Å²) in [4.78, 5) is 25.7. The molecule has 0 fully saturated rings. The first-order valence-corrected chi connectivity index (χ1v) is 37.8. The summed E-state index contributed by atoms with van der Waals surface area (Å²) in [5.41, 5.74) is 0. The molecule has 8 nitrogen and oxygen atoms in total. The number of phosphoric acid groups is 1. The van der Waals surface area contributed by atoms with Gasteiger partial charge in [-0.25, -0.2) is 0 Å². The number of carbonyl (C=O) groups is 1. The lowest BCUT2D eigenvalue weighted by Gasteiger charge is -2.30. The molecular formula is C71H145N2O6P. The molecule has 80 heavy (non-hydrogen) atoms. The van der Waals surface area contributed by atoms with Crippen LogP contribution in [0.4, 0.5) is 0 Å². The normalized spacial score (nSPS) is 13.5. The molecule has 0 saturated carbocycles. The molecule has 2 N–H and O–H groups in total. The molecule has 0 aliphatic rings. The number of nitrogens with zero attached hydrogens (tertiary/aromatic N) is 1. The number of aliphatic hydroxyl groups excluding tert-OH is 1. The summed E-state index contributed by atoms with van der Waals surface area (Å²) in [5, 5.41) is 14.1. The Morgan fingerprint density at radius 1 is 0.388 bits per heavy atom. The summed E-state index contributed by atoms with van der Waals surface area (Å²) in [6.45, 7) is 4.81. The number of quaternary nitrogens is 1. The van der Waals surface area contributed by atoms with Crippen LogP contribution in [0, 0.1) is 0 Å². The molecule has 0 aliphatic carbocycles. The van der Waals surface area contributed by atoms with Crippen LogP contribution in [0.2, 0.25) is 0 Å². The third-order valence-electron chi connectivity index (χ3n) is 17.3. The molecule has 0 rings (SSSR count). The number of nitrogens with one attached hydrogen (secondary N) is 1. The van der Waals surface area contributed by atoms with E-state index in [1.807, 2.05) is 21.1 Å². The highest BCUT2D eigenvalue weighted by Crippen LogP contribution is 2.38. The van der Waals surface area contributed by atoms with E-state index in [2.05, 4.69) is 19.2 Å². The van der Waals surface area contributed by atoms with Crippen LogP contribution >= 0.6 is 7.82 Å². The van der Waals surface area contributed by atoms with Crippen molar-refractivity contribution in [1.82, 2.24) is 5.32 Å². The van der Waals surface area contributed by atoms with Crippen LogP contribution in [0.3, 0.4) is 0 Å². The fourth-order valence-electron chi connectivity index (χ4n) is 11.7. The highest BCUT2D eigenvalue weighted by Gasteiger charge is 2.24. The molecule has 0 saturated heterocycles. The van der Waals surface area contributed by atoms with Crippen LogP contribution in [0.15, 0.2) is 0 Å². The van der Waals surface area contributed by atoms with Crippen molar-refractivity contribution in [2.24, 2.45) is 0 Å². The molecule has 0 aliphatic heterocycles. The van der Waals surface area contributed by atoms with Gasteiger partial charge in [-0.2, -0.15) is 0 Å². The maximum atomic E-state index is 13.1. The van der Waals surface area contributed by atoms with E-state index < -0.39 is 20.0 Å². The Labute approximate surface area is 501 Å². The lowest BCUT2D eigenvalue weighted by Crippen LogP contribution is -2.46. The van der Waals surface area contributed by atoms with Crippen LogP contribution in [0.5, 0.6) is 0 Å². The van der Waals surface area contributed by atoms with E-state index in [1.165, 1.54) is 334 Å². The minimum Gasteiger partial charge on any atom is -0.756 e. The van der Waals surface area contributed by atoms with Crippen molar-refractivity contribution in [3.8, 4) is 0 Å². The van der Waals surface area contributed by atoms with Gasteiger partial charge in [0.05, 0.1) is 39.9 Å². The topological polar surface area (TPSA) is 108 Å². The van der Waals surface area contributed by atoms with E-state index >= 15 is 0 Å². The Balaban J connectivity index is 3.96. The Bertz CT molecular complexity index is 1260. The zero-order chi connectivity index (χ0) is 58.4. The van der Waals surface area contributed by atoms with Gasteiger partial charge in [-0.3, -0.25) is 9.36 Å². The van der Waals surface area contributed by atoms with E-state index in [1.54, 1.807) is 0 Å². The highest BCUT2D eigenvalue weighted by molar-refractivity contribution is 7.45. The van der Waals surface area contributed by atoms with Gasteiger partial charge in [-0.1, -0.05) is 380 Å². The van der Waals surface area contributed by atoms with Gasteiger partial charge in [-0.15, -0.1) is 0 Å². The molecule has 1 amide bonds. The number of hydrogen-bond donors (Lipinski definition) is 2. The Kier molecular flexibility index (Phi) is 62.6. The molecule has 0 heterocycles. The van der Waals surface area contributed by atoms with Gasteiger partial charge in [0.25, 0.3) is 7.82 Å². The third kappa shape index (κ3) is 65.1. The second kappa shape index (κ2) is 63.0. The van der Waals surface area contributed by atoms with E-state index in [-0.39, 0.29) is 19.1 Å². The monoisotopic (exact) mass is 1150 g/mol.